The van der Waals surface area contributed by atoms with Gasteiger partial charge in [-0.05, 0) is 94.4 Å². The second kappa shape index (κ2) is 24.2. The fourth-order valence-corrected chi connectivity index (χ4v) is 16.5. The molecular formula is C70H70ClF6N13O4. The number of ether oxygens (including phenoxy) is 2. The highest BCUT2D eigenvalue weighted by atomic mass is 35.5. The normalized spacial score (nSPS) is 26.3. The number of likely N-dealkylation sites (tertiary alicyclic amines) is 3. The summed E-state index contributed by atoms with van der Waals surface area (Å²) >= 11 is 6.72. The molecule has 4 aromatic heterocycles. The number of likely N-dealkylation sites (N-methyl/N-ethyl adjacent to an activating group) is 2. The van der Waals surface area contributed by atoms with Crippen molar-refractivity contribution in [3.8, 4) is 34.5 Å². The molecule has 9 atom stereocenters. The third-order valence-corrected chi connectivity index (χ3v) is 21.7. The van der Waals surface area contributed by atoms with Gasteiger partial charge in [0, 0.05) is 140 Å². The molecule has 15 rings (SSSR count). The number of nitrogens with one attached hydrogen (secondary N) is 1. The molecule has 0 radical (unpaired) electrons. The van der Waals surface area contributed by atoms with Gasteiger partial charge in [0.15, 0.2) is 23.3 Å². The molecule has 4 aromatic carbocycles. The molecule has 17 nitrogen and oxygen atoms in total. The van der Waals surface area contributed by atoms with Gasteiger partial charge in [-0.2, -0.15) is 19.9 Å². The van der Waals surface area contributed by atoms with Crippen LogP contribution in [0.3, 0.4) is 0 Å². The predicted octanol–water partition coefficient (Wildman–Crippen LogP) is 11.7. The van der Waals surface area contributed by atoms with Gasteiger partial charge < -0.3 is 29.5 Å². The Bertz CT molecular complexity index is 4430. The molecule has 7 saturated heterocycles. The molecule has 7 aliphatic heterocycles. The van der Waals surface area contributed by atoms with Crippen molar-refractivity contribution in [2.75, 3.05) is 83.3 Å². The number of fused-ring (bicyclic) bond motifs is 6. The highest BCUT2D eigenvalue weighted by Crippen LogP contribution is 2.52. The Morgan fingerprint density at radius 2 is 1.43 bits per heavy atom. The van der Waals surface area contributed by atoms with Gasteiger partial charge in [0.25, 0.3) is 0 Å². The monoisotopic (exact) mass is 1310 g/mol. The molecule has 7 fully saturated rings. The van der Waals surface area contributed by atoms with E-state index in [0.717, 1.165) is 31.3 Å². The van der Waals surface area contributed by atoms with Gasteiger partial charge in [-0.15, -0.1) is 0 Å². The molecule has 1 N–H and O–H groups in total. The van der Waals surface area contributed by atoms with E-state index in [-0.39, 0.29) is 154 Å². The summed E-state index contributed by atoms with van der Waals surface area (Å²) in [5.74, 6) is -4.01. The highest BCUT2D eigenvalue weighted by molar-refractivity contribution is 6.36. The zero-order chi connectivity index (χ0) is 65.1. The standard InChI is InChI=1S/C70H70ClF6N13O4/c1-5-53(91)89-27-21-51(38(89)2)80-65-48-31-78-61(45-13-6-10-39-11-8-15-50(71)55(39)45)59(76)63(48)81-67(83-65)94-37-70-23-18-52(90(70)34-42(73)30-70)47-28-40-12-7-14-46(56(40)58(75)57(47)74)62-60(77)64-49(32-79-62)66(84-68(82-64)93-36-69-22-9-24-88(69)33-41(72)29-69)86(4)44-20-26-87(35-44)54(92)17-16-43-19-25-85(43)3/h5-8,10-17,28,31-32,38,41-44,51-52H,1,9,18-27,29-30,33-37H2,2-4H3,(H,80,81,83)/b17-16+/t38-,41-,42-,43+,44-,51-,52?,69?,70+/m1/s1. The molecular weight excluding hydrogens is 1240 g/mol. The second-order valence-corrected chi connectivity index (χ2v) is 27.0. The number of pyridine rings is 2. The number of hydrogen-bond acceptors (Lipinski definition) is 15. The fraction of sp³-hybridized carbons (Fsp3) is 0.429. The van der Waals surface area contributed by atoms with E-state index >= 15 is 22.0 Å². The van der Waals surface area contributed by atoms with Crippen LogP contribution < -0.4 is 19.7 Å². The number of halogens is 7. The molecule has 0 aliphatic carbocycles. The summed E-state index contributed by atoms with van der Waals surface area (Å²) in [5, 5.41) is 5.66. The summed E-state index contributed by atoms with van der Waals surface area (Å²) in [7, 11) is 3.83. The van der Waals surface area contributed by atoms with Crippen molar-refractivity contribution in [1.82, 2.24) is 54.4 Å². The number of anilines is 2. The smallest absolute Gasteiger partial charge is 0.319 e. The van der Waals surface area contributed by atoms with Gasteiger partial charge in [0.2, 0.25) is 11.8 Å². The Hall–Kier alpha value is -8.25. The van der Waals surface area contributed by atoms with E-state index in [1.165, 1.54) is 30.6 Å². The van der Waals surface area contributed by atoms with Crippen LogP contribution >= 0.6 is 11.6 Å². The summed E-state index contributed by atoms with van der Waals surface area (Å²) in [6.07, 6.45) is 9.82. The molecule has 8 aromatic rings. The van der Waals surface area contributed by atoms with Crippen molar-refractivity contribution in [2.24, 2.45) is 0 Å². The quantitative estimate of drug-likeness (QED) is 0.0718. The van der Waals surface area contributed by atoms with Crippen molar-refractivity contribution in [1.29, 1.82) is 0 Å². The van der Waals surface area contributed by atoms with Crippen LogP contribution in [0.1, 0.15) is 76.3 Å². The lowest BCUT2D eigenvalue weighted by molar-refractivity contribution is -0.126. The minimum atomic E-state index is -1.38. The number of amides is 2. The van der Waals surface area contributed by atoms with Gasteiger partial charge in [0.1, 0.15) is 59.6 Å². The summed E-state index contributed by atoms with van der Waals surface area (Å²) in [6, 6.07) is 15.1. The molecule has 2 amide bonds. The SMILES string of the molecule is C=CC(=O)N1CC[C@@H](Nc2nc(OC[C@@]34CCC(c5cc6cccc(-c7ncc8c(N(C)[C@@H]9CCN(C(=O)/C=C/[C@H]%10CCN%10C)C9)nc(OCC9%10CCCN9C[C@H](F)C%10)nc8c7F)c6c(F)c5F)N3C[C@H](F)C4)nc3c(F)c(-c4cccc5cccc(Cl)c45)ncc23)[C@H]1C. The first-order valence-corrected chi connectivity index (χ1v) is 32.7. The fourth-order valence-electron chi connectivity index (χ4n) is 16.2. The molecule has 94 heavy (non-hydrogen) atoms. The number of rotatable bonds is 16. The molecule has 488 valence electrons. The van der Waals surface area contributed by atoms with Crippen molar-refractivity contribution < 1.29 is 45.4 Å². The van der Waals surface area contributed by atoms with Crippen molar-refractivity contribution in [3.05, 3.63) is 132 Å². The van der Waals surface area contributed by atoms with Gasteiger partial charge in [-0.3, -0.25) is 34.3 Å². The average Bonchev–Trinajstić information content (AvgIpc) is 1.31. The molecule has 0 spiro atoms. The molecule has 0 bridgehead atoms. The van der Waals surface area contributed by atoms with Gasteiger partial charge in [-0.1, -0.05) is 72.8 Å². The van der Waals surface area contributed by atoms with Gasteiger partial charge >= 0.3 is 12.0 Å². The van der Waals surface area contributed by atoms with Crippen LogP contribution in [0.2, 0.25) is 5.02 Å². The zero-order valence-electron chi connectivity index (χ0n) is 52.3. The van der Waals surface area contributed by atoms with Crippen molar-refractivity contribution >= 4 is 78.4 Å². The van der Waals surface area contributed by atoms with Crippen LogP contribution in [0.15, 0.2) is 97.9 Å². The maximum atomic E-state index is 17.8. The van der Waals surface area contributed by atoms with E-state index in [2.05, 4.69) is 41.6 Å². The number of hydrogen-bond donors (Lipinski definition) is 1. The Morgan fingerprint density at radius 3 is 2.16 bits per heavy atom. The first kappa shape index (κ1) is 61.9. The van der Waals surface area contributed by atoms with Crippen molar-refractivity contribution in [2.45, 2.75) is 118 Å². The maximum Gasteiger partial charge on any atom is 0.319 e. The van der Waals surface area contributed by atoms with Crippen LogP contribution in [-0.4, -0.2) is 187 Å². The van der Waals surface area contributed by atoms with E-state index in [4.69, 9.17) is 31.0 Å². The minimum absolute atomic E-state index is 0.0156. The van der Waals surface area contributed by atoms with E-state index in [1.807, 2.05) is 49.0 Å². The Balaban J connectivity index is 0.739. The lowest BCUT2D eigenvalue weighted by atomic mass is 9.93. The number of alkyl halides is 2. The highest BCUT2D eigenvalue weighted by Gasteiger charge is 2.55. The third kappa shape index (κ3) is 10.6. The zero-order valence-corrected chi connectivity index (χ0v) is 53.0. The van der Waals surface area contributed by atoms with E-state index in [0.29, 0.717) is 67.8 Å². The first-order valence-electron chi connectivity index (χ1n) is 32.4. The molecule has 7 aliphatic rings. The van der Waals surface area contributed by atoms with Crippen LogP contribution in [-0.2, 0) is 9.59 Å². The lowest BCUT2D eigenvalue weighted by Gasteiger charge is -2.35. The summed E-state index contributed by atoms with van der Waals surface area (Å²) < 4.78 is 114. The summed E-state index contributed by atoms with van der Waals surface area (Å²) in [4.78, 5) is 65.8. The number of aromatic nitrogens is 6. The van der Waals surface area contributed by atoms with Crippen LogP contribution in [0.5, 0.6) is 12.0 Å². The van der Waals surface area contributed by atoms with Gasteiger partial charge in [-0.25, -0.2) is 26.3 Å². The Morgan fingerprint density at radius 1 is 0.745 bits per heavy atom. The molecule has 0 saturated carbocycles. The number of carbonyl (C=O) groups excluding carboxylic acids is 2. The molecule has 11 heterocycles. The van der Waals surface area contributed by atoms with Crippen LogP contribution in [0, 0.1) is 23.3 Å². The van der Waals surface area contributed by atoms with Crippen LogP contribution in [0.25, 0.3) is 65.9 Å². The number of carbonyl (C=O) groups is 2. The third-order valence-electron chi connectivity index (χ3n) is 21.4. The van der Waals surface area contributed by atoms with Crippen LogP contribution in [0.4, 0.5) is 38.0 Å². The number of benzene rings is 4. The topological polar surface area (TPSA) is 161 Å². The number of nitrogens with zero attached hydrogens (tertiary/aromatic N) is 12. The average molecular weight is 1310 g/mol. The van der Waals surface area contributed by atoms with E-state index < -0.39 is 52.7 Å². The summed E-state index contributed by atoms with van der Waals surface area (Å²) in [5.41, 5.74) is -1.91. The lowest BCUT2D eigenvalue weighted by Crippen LogP contribution is -2.44. The largest absolute Gasteiger partial charge is 0.461 e. The van der Waals surface area contributed by atoms with Crippen molar-refractivity contribution in [3.63, 3.8) is 0 Å². The molecule has 2 unspecified atom stereocenters. The van der Waals surface area contributed by atoms with E-state index in [1.54, 1.807) is 52.3 Å². The first-order chi connectivity index (χ1) is 45.4. The maximum absolute atomic E-state index is 17.8. The van der Waals surface area contributed by atoms with Gasteiger partial charge in [0.05, 0.1) is 21.9 Å². The Kier molecular flexibility index (Phi) is 15.9. The minimum Gasteiger partial charge on any atom is -0.461 e. The van der Waals surface area contributed by atoms with E-state index in [9.17, 15) is 14.0 Å². The second-order valence-electron chi connectivity index (χ2n) is 26.6. The summed E-state index contributed by atoms with van der Waals surface area (Å²) in [6.45, 7) is 8.55. The molecule has 24 heteroatoms. The predicted molar refractivity (Wildman–Crippen MR) is 347 cm³/mol. The Labute approximate surface area is 543 Å².